The Hall–Kier alpha value is -2.01. The highest BCUT2D eigenvalue weighted by molar-refractivity contribution is 5.89. The zero-order valence-electron chi connectivity index (χ0n) is 9.99. The Bertz CT molecular complexity index is 618. The van der Waals surface area contributed by atoms with Crippen molar-refractivity contribution in [3.05, 3.63) is 29.5 Å². The smallest absolute Gasteiger partial charge is 0.329 e. The number of aromatic amines is 1. The minimum Gasteiger partial charge on any atom is -0.508 e. The van der Waals surface area contributed by atoms with E-state index >= 15 is 0 Å². The van der Waals surface area contributed by atoms with E-state index in [1.165, 1.54) is 7.11 Å². The molecule has 94 valence electrons. The van der Waals surface area contributed by atoms with Crippen LogP contribution in [0.3, 0.4) is 0 Å². The normalized spacial score (nSPS) is 18.6. The lowest BCUT2D eigenvalue weighted by Crippen LogP contribution is -2.35. The van der Waals surface area contributed by atoms with Gasteiger partial charge >= 0.3 is 5.97 Å². The third-order valence-electron chi connectivity index (χ3n) is 3.37. The van der Waals surface area contributed by atoms with Crippen LogP contribution in [0, 0.1) is 0 Å². The van der Waals surface area contributed by atoms with Crippen LogP contribution in [0.25, 0.3) is 10.9 Å². The summed E-state index contributed by atoms with van der Waals surface area (Å²) in [6.07, 6.45) is 0.826. The summed E-state index contributed by atoms with van der Waals surface area (Å²) < 4.78 is 4.80. The number of nitrogens with one attached hydrogen (secondary N) is 2. The van der Waals surface area contributed by atoms with Gasteiger partial charge in [-0.1, -0.05) is 0 Å². The number of hydrogen-bond acceptors (Lipinski definition) is 4. The summed E-state index contributed by atoms with van der Waals surface area (Å²) in [7, 11) is 1.38. The average molecular weight is 246 g/mol. The summed E-state index contributed by atoms with van der Waals surface area (Å²) in [5.41, 5.74) is 2.85. The lowest BCUT2D eigenvalue weighted by atomic mass is 9.99. The van der Waals surface area contributed by atoms with Crippen molar-refractivity contribution in [3.63, 3.8) is 0 Å². The molecule has 1 atom stereocenters. The molecule has 3 rings (SSSR count). The summed E-state index contributed by atoms with van der Waals surface area (Å²) in [6, 6.07) is 4.72. The number of fused-ring (bicyclic) bond motifs is 3. The SMILES string of the molecule is COC(=O)C1NCCc2c1[nH]c1ccc(O)cc21. The number of esters is 1. The Morgan fingerprint density at radius 2 is 2.33 bits per heavy atom. The van der Waals surface area contributed by atoms with Crippen LogP contribution in [0.15, 0.2) is 18.2 Å². The number of phenols is 1. The standard InChI is InChI=1S/C13H14N2O3/c1-18-13(17)12-11-8(4-5-14-12)9-6-7(16)2-3-10(9)15-11/h2-3,6,12,14-16H,4-5H2,1H3. The van der Waals surface area contributed by atoms with Gasteiger partial charge < -0.3 is 14.8 Å². The highest BCUT2D eigenvalue weighted by Gasteiger charge is 2.29. The Balaban J connectivity index is 2.18. The van der Waals surface area contributed by atoms with Gasteiger partial charge in [-0.05, 0) is 30.2 Å². The predicted molar refractivity (Wildman–Crippen MR) is 66.4 cm³/mol. The van der Waals surface area contributed by atoms with Crippen LogP contribution in [0.4, 0.5) is 0 Å². The number of phenolic OH excluding ortho intramolecular Hbond substituents is 1. The first-order valence-electron chi connectivity index (χ1n) is 5.85. The molecule has 18 heavy (non-hydrogen) atoms. The molecule has 0 fully saturated rings. The molecule has 1 aliphatic heterocycles. The van der Waals surface area contributed by atoms with E-state index in [0.29, 0.717) is 0 Å². The summed E-state index contributed by atoms with van der Waals surface area (Å²) in [5.74, 6) is -0.0656. The van der Waals surface area contributed by atoms with Crippen molar-refractivity contribution in [2.75, 3.05) is 13.7 Å². The van der Waals surface area contributed by atoms with Gasteiger partial charge in [-0.25, -0.2) is 4.79 Å². The largest absolute Gasteiger partial charge is 0.508 e. The number of methoxy groups -OCH3 is 1. The van der Waals surface area contributed by atoms with Crippen LogP contribution in [0.1, 0.15) is 17.3 Å². The second kappa shape index (κ2) is 4.03. The van der Waals surface area contributed by atoms with Gasteiger partial charge in [0.15, 0.2) is 0 Å². The van der Waals surface area contributed by atoms with Crippen LogP contribution in [0.5, 0.6) is 5.75 Å². The van der Waals surface area contributed by atoms with E-state index in [2.05, 4.69) is 10.3 Å². The van der Waals surface area contributed by atoms with Gasteiger partial charge in [-0.3, -0.25) is 5.32 Å². The van der Waals surface area contributed by atoms with Crippen molar-refractivity contribution in [3.8, 4) is 5.75 Å². The van der Waals surface area contributed by atoms with Gasteiger partial charge in [-0.2, -0.15) is 0 Å². The lowest BCUT2D eigenvalue weighted by molar-refractivity contribution is -0.143. The first kappa shape index (κ1) is 11.1. The topological polar surface area (TPSA) is 74.3 Å². The molecule has 2 heterocycles. The number of H-pyrrole nitrogens is 1. The van der Waals surface area contributed by atoms with Crippen molar-refractivity contribution in [1.82, 2.24) is 10.3 Å². The van der Waals surface area contributed by atoms with Crippen molar-refractivity contribution in [2.45, 2.75) is 12.5 Å². The Kier molecular flexibility index (Phi) is 2.48. The molecule has 1 aromatic carbocycles. The minimum atomic E-state index is -0.451. The lowest BCUT2D eigenvalue weighted by Gasteiger charge is -2.21. The zero-order chi connectivity index (χ0) is 12.7. The van der Waals surface area contributed by atoms with Crippen molar-refractivity contribution in [1.29, 1.82) is 0 Å². The van der Waals surface area contributed by atoms with Crippen molar-refractivity contribution < 1.29 is 14.6 Å². The Morgan fingerprint density at radius 1 is 1.50 bits per heavy atom. The zero-order valence-corrected chi connectivity index (χ0v) is 9.99. The number of aromatic hydroxyl groups is 1. The maximum absolute atomic E-state index is 11.7. The third kappa shape index (κ3) is 1.55. The monoisotopic (exact) mass is 246 g/mol. The molecule has 3 N–H and O–H groups in total. The molecule has 0 amide bonds. The van der Waals surface area contributed by atoms with Gasteiger partial charge in [-0.15, -0.1) is 0 Å². The van der Waals surface area contributed by atoms with Gasteiger partial charge in [0.25, 0.3) is 0 Å². The second-order valence-corrected chi connectivity index (χ2v) is 4.41. The predicted octanol–water partition coefficient (Wildman–Crippen LogP) is 1.23. The van der Waals surface area contributed by atoms with Crippen LogP contribution in [-0.4, -0.2) is 29.7 Å². The fraction of sp³-hybridized carbons (Fsp3) is 0.308. The van der Waals surface area contributed by atoms with Gasteiger partial charge in [0.1, 0.15) is 11.8 Å². The highest BCUT2D eigenvalue weighted by Crippen LogP contribution is 2.32. The fourth-order valence-corrected chi connectivity index (χ4v) is 2.53. The molecule has 1 unspecified atom stereocenters. The first-order chi connectivity index (χ1) is 8.70. The average Bonchev–Trinajstić information content (AvgIpc) is 2.75. The van der Waals surface area contributed by atoms with Gasteiger partial charge in [0, 0.05) is 23.1 Å². The summed E-state index contributed by atoms with van der Waals surface area (Å²) in [5, 5.41) is 13.7. The van der Waals surface area contributed by atoms with E-state index < -0.39 is 6.04 Å². The van der Waals surface area contributed by atoms with Gasteiger partial charge in [0.2, 0.25) is 0 Å². The molecule has 0 aliphatic carbocycles. The Morgan fingerprint density at radius 3 is 3.11 bits per heavy atom. The number of hydrogen-bond donors (Lipinski definition) is 3. The molecular weight excluding hydrogens is 232 g/mol. The molecule has 5 heteroatoms. The number of carbonyl (C=O) groups is 1. The molecule has 0 radical (unpaired) electrons. The van der Waals surface area contributed by atoms with E-state index in [1.807, 2.05) is 6.07 Å². The van der Waals surface area contributed by atoms with E-state index in [9.17, 15) is 9.90 Å². The fourth-order valence-electron chi connectivity index (χ4n) is 2.53. The number of aromatic nitrogens is 1. The number of carbonyl (C=O) groups excluding carboxylic acids is 1. The number of rotatable bonds is 1. The van der Waals surface area contributed by atoms with E-state index in [-0.39, 0.29) is 11.7 Å². The quantitative estimate of drug-likeness (QED) is 0.662. The molecule has 0 saturated carbocycles. The molecule has 0 bridgehead atoms. The number of benzene rings is 1. The summed E-state index contributed by atoms with van der Waals surface area (Å²) in [4.78, 5) is 15.0. The molecule has 5 nitrogen and oxygen atoms in total. The Labute approximate surface area is 104 Å². The molecule has 0 saturated heterocycles. The second-order valence-electron chi connectivity index (χ2n) is 4.41. The minimum absolute atomic E-state index is 0.234. The van der Waals surface area contributed by atoms with Crippen molar-refractivity contribution >= 4 is 16.9 Å². The molecule has 0 spiro atoms. The molecular formula is C13H14N2O3. The molecule has 2 aromatic rings. The van der Waals surface area contributed by atoms with E-state index in [4.69, 9.17) is 4.74 Å². The number of ether oxygens (including phenoxy) is 1. The highest BCUT2D eigenvalue weighted by atomic mass is 16.5. The van der Waals surface area contributed by atoms with E-state index in [1.54, 1.807) is 12.1 Å². The molecule has 1 aliphatic rings. The van der Waals surface area contributed by atoms with Crippen LogP contribution < -0.4 is 5.32 Å². The van der Waals surface area contributed by atoms with Crippen LogP contribution in [-0.2, 0) is 16.0 Å². The maximum Gasteiger partial charge on any atom is 0.329 e. The van der Waals surface area contributed by atoms with Crippen LogP contribution in [0.2, 0.25) is 0 Å². The van der Waals surface area contributed by atoms with E-state index in [0.717, 1.165) is 35.1 Å². The van der Waals surface area contributed by atoms with Crippen molar-refractivity contribution in [2.24, 2.45) is 0 Å². The molecule has 1 aromatic heterocycles. The summed E-state index contributed by atoms with van der Waals surface area (Å²) >= 11 is 0. The van der Waals surface area contributed by atoms with Gasteiger partial charge in [0.05, 0.1) is 7.11 Å². The maximum atomic E-state index is 11.7. The first-order valence-corrected chi connectivity index (χ1v) is 5.85. The summed E-state index contributed by atoms with van der Waals surface area (Å²) in [6.45, 7) is 0.718. The third-order valence-corrected chi connectivity index (χ3v) is 3.37. The van der Waals surface area contributed by atoms with Crippen LogP contribution >= 0.6 is 0 Å².